The van der Waals surface area contributed by atoms with Crippen LogP contribution < -0.4 is 5.73 Å². The number of carbonyl (C=O) groups excluding carboxylic acids is 1. The fraction of sp³-hybridized carbons (Fsp3) is 0.586. The van der Waals surface area contributed by atoms with Gasteiger partial charge >= 0.3 is 0 Å². The highest BCUT2D eigenvalue weighted by Gasteiger charge is 2.33. The number of methoxy groups -OCH3 is 2. The Kier molecular flexibility index (Phi) is 17.7. The zero-order valence-electron chi connectivity index (χ0n) is 23.7. The van der Waals surface area contributed by atoms with Crippen molar-refractivity contribution in [3.63, 3.8) is 0 Å². The lowest BCUT2D eigenvalue weighted by molar-refractivity contribution is -0.129. The number of ether oxygens (including phenoxy) is 2. The van der Waals surface area contributed by atoms with Crippen LogP contribution in [0.2, 0.25) is 0 Å². The molecule has 1 unspecified atom stereocenters. The van der Waals surface area contributed by atoms with E-state index in [2.05, 4.69) is 47.3 Å². The summed E-state index contributed by atoms with van der Waals surface area (Å²) in [6, 6.07) is 0.0448. The molecule has 37 heavy (non-hydrogen) atoms. The summed E-state index contributed by atoms with van der Waals surface area (Å²) in [5.74, 6) is 1.61. The fourth-order valence-corrected chi connectivity index (χ4v) is 4.57. The van der Waals surface area contributed by atoms with E-state index in [0.29, 0.717) is 32.1 Å². The Balaban J connectivity index is 0.00000410. The van der Waals surface area contributed by atoms with Gasteiger partial charge < -0.3 is 25.2 Å². The first-order valence-electron chi connectivity index (χ1n) is 12.6. The minimum Gasteiger partial charge on any atom is -0.483 e. The third-order valence-corrected chi connectivity index (χ3v) is 6.84. The highest BCUT2D eigenvalue weighted by molar-refractivity contribution is 8.02. The van der Waals surface area contributed by atoms with Crippen molar-refractivity contribution in [3.8, 4) is 0 Å². The van der Waals surface area contributed by atoms with Crippen LogP contribution in [0.15, 0.2) is 59.2 Å². The lowest BCUT2D eigenvalue weighted by Gasteiger charge is -2.40. The molecule has 0 saturated heterocycles. The van der Waals surface area contributed by atoms with E-state index in [1.165, 1.54) is 5.57 Å². The minimum absolute atomic E-state index is 0.00243. The Bertz CT molecular complexity index is 825. The van der Waals surface area contributed by atoms with Crippen molar-refractivity contribution in [3.05, 3.63) is 59.2 Å². The Hall–Kier alpha value is -2.29. The second-order valence-electron chi connectivity index (χ2n) is 10.4. The number of amides is 1. The average molecular weight is 537 g/mol. The van der Waals surface area contributed by atoms with Crippen LogP contribution in [-0.4, -0.2) is 68.2 Å². The monoisotopic (exact) mass is 536 g/mol. The van der Waals surface area contributed by atoms with Crippen LogP contribution in [-0.2, 0) is 19.1 Å². The Morgan fingerprint density at radius 1 is 1.32 bits per heavy atom. The fourth-order valence-electron chi connectivity index (χ4n) is 3.80. The van der Waals surface area contributed by atoms with E-state index < -0.39 is 0 Å². The molecule has 8 heteroatoms. The number of thioether (sulfide) groups is 1. The molecule has 0 aromatic carbocycles. The van der Waals surface area contributed by atoms with Gasteiger partial charge in [-0.3, -0.25) is 9.59 Å². The summed E-state index contributed by atoms with van der Waals surface area (Å²) in [5.41, 5.74) is 8.59. The zero-order valence-corrected chi connectivity index (χ0v) is 24.6. The number of carboxylic acid groups (broad SMARTS) is 1. The van der Waals surface area contributed by atoms with Crippen molar-refractivity contribution in [2.75, 3.05) is 39.7 Å². The highest BCUT2D eigenvalue weighted by Crippen LogP contribution is 2.31. The molecule has 1 rings (SSSR count). The van der Waals surface area contributed by atoms with E-state index in [4.69, 9.17) is 25.1 Å². The molecule has 0 aromatic heterocycles. The molecule has 210 valence electrons. The van der Waals surface area contributed by atoms with Crippen molar-refractivity contribution in [2.24, 2.45) is 23.0 Å². The van der Waals surface area contributed by atoms with Crippen LogP contribution in [0.25, 0.3) is 0 Å². The minimum atomic E-state index is -0.250. The molecule has 1 aliphatic rings. The molecule has 7 nitrogen and oxygen atoms in total. The highest BCUT2D eigenvalue weighted by atomic mass is 32.2. The molecule has 0 saturated carbocycles. The standard InChI is InChI=1S/C28H46N2O3S.CH2O2/c1-21(2)16-26-17-24(19-33-8)25(20-34-15-13-29)18-30(26)27(31)23(12-14-32-7)11-9-10-22(3)28(4,5)6;2-1-3/h9-10,12-13,15,17,21,25-26H,3,11,14,16,18-20,29H2,1-2,4-8H3;1H,(H,2,3)/b10-9-,15-13-,23-12+;/t25-,26?;/m0./s1. The predicted octanol–water partition coefficient (Wildman–Crippen LogP) is 5.42. The average Bonchev–Trinajstić information content (AvgIpc) is 2.81. The van der Waals surface area contributed by atoms with Crippen molar-refractivity contribution < 1.29 is 24.2 Å². The van der Waals surface area contributed by atoms with Crippen molar-refractivity contribution >= 4 is 24.1 Å². The smallest absolute Gasteiger partial charge is 0.290 e. The van der Waals surface area contributed by atoms with Gasteiger partial charge in [-0.2, -0.15) is 0 Å². The van der Waals surface area contributed by atoms with E-state index in [9.17, 15) is 4.79 Å². The summed E-state index contributed by atoms with van der Waals surface area (Å²) in [7, 11) is 3.37. The maximum Gasteiger partial charge on any atom is 0.290 e. The summed E-state index contributed by atoms with van der Waals surface area (Å²) in [5, 5.41) is 8.79. The van der Waals surface area contributed by atoms with E-state index >= 15 is 0 Å². The maximum absolute atomic E-state index is 13.9. The molecule has 1 heterocycles. The normalized spacial score (nSPS) is 18.6. The van der Waals surface area contributed by atoms with Gasteiger partial charge in [-0.25, -0.2) is 0 Å². The van der Waals surface area contributed by atoms with E-state index in [1.54, 1.807) is 32.2 Å². The molecule has 3 N–H and O–H groups in total. The van der Waals surface area contributed by atoms with Gasteiger partial charge in [0.2, 0.25) is 5.91 Å². The third kappa shape index (κ3) is 13.7. The Morgan fingerprint density at radius 2 is 1.97 bits per heavy atom. The van der Waals surface area contributed by atoms with E-state index in [0.717, 1.165) is 23.3 Å². The first-order chi connectivity index (χ1) is 17.5. The van der Waals surface area contributed by atoms with E-state index in [-0.39, 0.29) is 29.8 Å². The molecule has 0 aromatic rings. The van der Waals surface area contributed by atoms with Crippen LogP contribution in [0.5, 0.6) is 0 Å². The van der Waals surface area contributed by atoms with Gasteiger partial charge in [0, 0.05) is 44.2 Å². The Morgan fingerprint density at radius 3 is 2.49 bits per heavy atom. The molecule has 0 radical (unpaired) electrons. The van der Waals surface area contributed by atoms with Gasteiger partial charge in [0.05, 0.1) is 19.3 Å². The summed E-state index contributed by atoms with van der Waals surface area (Å²) in [4.78, 5) is 24.3. The number of carbonyl (C=O) groups is 2. The topological polar surface area (TPSA) is 102 Å². The van der Waals surface area contributed by atoms with Gasteiger partial charge in [0.1, 0.15) is 0 Å². The van der Waals surface area contributed by atoms with Crippen LogP contribution in [0.4, 0.5) is 0 Å². The molecule has 0 bridgehead atoms. The van der Waals surface area contributed by atoms with Crippen LogP contribution in [0.1, 0.15) is 47.5 Å². The van der Waals surface area contributed by atoms with E-state index in [1.807, 2.05) is 28.5 Å². The van der Waals surface area contributed by atoms with Crippen molar-refractivity contribution in [1.29, 1.82) is 0 Å². The lowest BCUT2D eigenvalue weighted by atomic mass is 9.87. The van der Waals surface area contributed by atoms with Gasteiger partial charge in [0.25, 0.3) is 6.47 Å². The molecular weight excluding hydrogens is 488 g/mol. The second kappa shape index (κ2) is 18.9. The van der Waals surface area contributed by atoms with Gasteiger partial charge in [-0.1, -0.05) is 65.0 Å². The molecule has 0 aliphatic carbocycles. The molecule has 0 spiro atoms. The van der Waals surface area contributed by atoms with Gasteiger partial charge in [-0.05, 0) is 41.2 Å². The SMILES string of the molecule is C=C(/C=C\C/C(=C\COC)C(=O)N1C[C@@H](CS/C=C\N)C(COC)=CC1CC(C)C)C(C)(C)C.O=CO. The quantitative estimate of drug-likeness (QED) is 0.140. The molecule has 1 aliphatic heterocycles. The van der Waals surface area contributed by atoms with Gasteiger partial charge in [-0.15, -0.1) is 11.8 Å². The Labute approximate surface area is 228 Å². The van der Waals surface area contributed by atoms with Crippen LogP contribution in [0.3, 0.4) is 0 Å². The number of allylic oxidation sites excluding steroid dienone is 3. The summed E-state index contributed by atoms with van der Waals surface area (Å²) in [6.45, 7) is 16.4. The maximum atomic E-state index is 13.9. The predicted molar refractivity (Wildman–Crippen MR) is 155 cm³/mol. The number of hydrogen-bond acceptors (Lipinski definition) is 6. The zero-order chi connectivity index (χ0) is 28.4. The van der Waals surface area contributed by atoms with Crippen LogP contribution >= 0.6 is 11.8 Å². The second-order valence-corrected chi connectivity index (χ2v) is 11.3. The third-order valence-electron chi connectivity index (χ3n) is 5.90. The number of rotatable bonds is 13. The van der Waals surface area contributed by atoms with Gasteiger partial charge in [0.15, 0.2) is 0 Å². The molecule has 1 amide bonds. The largest absolute Gasteiger partial charge is 0.483 e. The number of nitrogens with zero attached hydrogens (tertiary/aromatic N) is 1. The molecular formula is C29H48N2O5S. The number of hydrogen-bond donors (Lipinski definition) is 2. The number of nitrogens with two attached hydrogens (primary N) is 1. The first-order valence-corrected chi connectivity index (χ1v) is 13.6. The molecule has 0 fully saturated rings. The summed E-state index contributed by atoms with van der Waals surface area (Å²) >= 11 is 1.66. The molecule has 2 atom stereocenters. The summed E-state index contributed by atoms with van der Waals surface area (Å²) in [6.07, 6.45) is 11.3. The van der Waals surface area contributed by atoms with Crippen LogP contribution in [0, 0.1) is 17.3 Å². The first kappa shape index (κ1) is 34.7. The lowest BCUT2D eigenvalue weighted by Crippen LogP contribution is -2.48. The van der Waals surface area contributed by atoms with Crippen molar-refractivity contribution in [2.45, 2.75) is 53.5 Å². The summed E-state index contributed by atoms with van der Waals surface area (Å²) < 4.78 is 10.8. The van der Waals surface area contributed by atoms with Crippen molar-refractivity contribution in [1.82, 2.24) is 4.90 Å².